The first-order valence-corrected chi connectivity index (χ1v) is 5.11. The molecular formula is C11H7F3N4. The first-order valence-electron chi connectivity index (χ1n) is 5.11. The van der Waals surface area contributed by atoms with E-state index in [1.165, 1.54) is 0 Å². The molecule has 2 heterocycles. The lowest BCUT2D eigenvalue weighted by molar-refractivity contribution is -0.140. The summed E-state index contributed by atoms with van der Waals surface area (Å²) in [6.45, 7) is 0. The quantitative estimate of drug-likeness (QED) is 0.699. The van der Waals surface area contributed by atoms with Gasteiger partial charge in [-0.05, 0) is 12.1 Å². The fourth-order valence-electron chi connectivity index (χ4n) is 1.76. The van der Waals surface area contributed by atoms with E-state index in [0.717, 1.165) is 6.20 Å². The zero-order valence-corrected chi connectivity index (χ0v) is 8.92. The van der Waals surface area contributed by atoms with Crippen molar-refractivity contribution in [1.82, 2.24) is 20.2 Å². The van der Waals surface area contributed by atoms with E-state index in [4.69, 9.17) is 0 Å². The monoisotopic (exact) mass is 252 g/mol. The Morgan fingerprint density at radius 2 is 1.89 bits per heavy atom. The van der Waals surface area contributed by atoms with Gasteiger partial charge in [0.2, 0.25) is 0 Å². The van der Waals surface area contributed by atoms with Gasteiger partial charge in [-0.2, -0.15) is 18.3 Å². The van der Waals surface area contributed by atoms with Gasteiger partial charge in [-0.3, -0.25) is 5.10 Å². The predicted molar refractivity (Wildman–Crippen MR) is 58.7 cm³/mol. The number of nitrogens with one attached hydrogen (secondary N) is 2. The molecular weight excluding hydrogens is 245 g/mol. The maximum atomic E-state index is 12.7. The number of H-pyrrole nitrogens is 2. The van der Waals surface area contributed by atoms with Crippen LogP contribution in [0.1, 0.15) is 5.69 Å². The van der Waals surface area contributed by atoms with E-state index in [0.29, 0.717) is 11.0 Å². The number of halogens is 3. The number of rotatable bonds is 1. The highest BCUT2D eigenvalue weighted by molar-refractivity contribution is 5.79. The molecule has 18 heavy (non-hydrogen) atoms. The molecule has 0 spiro atoms. The Labute approximate surface area is 98.9 Å². The Morgan fingerprint density at radius 1 is 1.11 bits per heavy atom. The maximum absolute atomic E-state index is 12.7. The molecule has 0 saturated heterocycles. The van der Waals surface area contributed by atoms with Crippen LogP contribution in [0.5, 0.6) is 0 Å². The topological polar surface area (TPSA) is 57.4 Å². The highest BCUT2D eigenvalue weighted by Crippen LogP contribution is 2.34. The molecule has 3 aromatic rings. The van der Waals surface area contributed by atoms with Gasteiger partial charge in [-0.15, -0.1) is 0 Å². The second kappa shape index (κ2) is 3.59. The number of aromatic nitrogens is 4. The molecule has 4 nitrogen and oxygen atoms in total. The molecule has 92 valence electrons. The summed E-state index contributed by atoms with van der Waals surface area (Å²) < 4.78 is 38.1. The molecule has 7 heteroatoms. The predicted octanol–water partition coefficient (Wildman–Crippen LogP) is 2.97. The second-order valence-corrected chi connectivity index (χ2v) is 3.76. The van der Waals surface area contributed by atoms with Crippen LogP contribution in [-0.2, 0) is 6.18 Å². The summed E-state index contributed by atoms with van der Waals surface area (Å²) in [5.41, 5.74) is 0.309. The average Bonchev–Trinajstić information content (AvgIpc) is 2.94. The van der Waals surface area contributed by atoms with Crippen molar-refractivity contribution in [3.05, 3.63) is 36.2 Å². The van der Waals surface area contributed by atoms with Crippen LogP contribution in [0.25, 0.3) is 22.4 Å². The summed E-state index contributed by atoms with van der Waals surface area (Å²) in [5.74, 6) is 0.150. The Kier molecular flexibility index (Phi) is 2.16. The SMILES string of the molecule is FC(F)(F)c1[nH]ncc1-c1nc2ccccc2[nH]1. The summed E-state index contributed by atoms with van der Waals surface area (Å²) in [7, 11) is 0. The van der Waals surface area contributed by atoms with Gasteiger partial charge in [0.25, 0.3) is 0 Å². The van der Waals surface area contributed by atoms with Crippen LogP contribution in [0.3, 0.4) is 0 Å². The lowest BCUT2D eigenvalue weighted by Gasteiger charge is -2.04. The number of hydrogen-bond donors (Lipinski definition) is 2. The molecule has 2 N–H and O–H groups in total. The number of para-hydroxylation sites is 2. The zero-order valence-electron chi connectivity index (χ0n) is 8.92. The van der Waals surface area contributed by atoms with Crippen molar-refractivity contribution >= 4 is 11.0 Å². The average molecular weight is 252 g/mol. The molecule has 3 rings (SSSR count). The fourth-order valence-corrected chi connectivity index (χ4v) is 1.76. The molecule has 0 amide bonds. The fraction of sp³-hybridized carbons (Fsp3) is 0.0909. The van der Waals surface area contributed by atoms with Crippen LogP contribution in [0, 0.1) is 0 Å². The minimum absolute atomic E-state index is 0.0845. The summed E-state index contributed by atoms with van der Waals surface area (Å²) in [6.07, 6.45) is -3.37. The molecule has 0 radical (unpaired) electrons. The third-order valence-electron chi connectivity index (χ3n) is 2.57. The Bertz CT molecular complexity index is 662. The number of hydrogen-bond acceptors (Lipinski definition) is 2. The van der Waals surface area contributed by atoms with Crippen LogP contribution in [0.2, 0.25) is 0 Å². The zero-order chi connectivity index (χ0) is 12.8. The van der Waals surface area contributed by atoms with Crippen LogP contribution >= 0.6 is 0 Å². The second-order valence-electron chi connectivity index (χ2n) is 3.76. The molecule has 0 aliphatic heterocycles. The van der Waals surface area contributed by atoms with Gasteiger partial charge < -0.3 is 4.98 Å². The standard InChI is InChI=1S/C11H7F3N4/c12-11(13,14)9-6(5-15-18-9)10-16-7-3-1-2-4-8(7)17-10/h1-5H,(H,15,18)(H,16,17). The van der Waals surface area contributed by atoms with Gasteiger partial charge in [0.15, 0.2) is 5.69 Å². The van der Waals surface area contributed by atoms with Crippen molar-refractivity contribution in [3.8, 4) is 11.4 Å². The Hall–Kier alpha value is -2.31. The van der Waals surface area contributed by atoms with E-state index in [9.17, 15) is 13.2 Å². The lowest BCUT2D eigenvalue weighted by Crippen LogP contribution is -2.07. The number of imidazole rings is 1. The van der Waals surface area contributed by atoms with E-state index in [1.54, 1.807) is 24.3 Å². The molecule has 0 saturated carbocycles. The van der Waals surface area contributed by atoms with Crippen LogP contribution in [0.4, 0.5) is 13.2 Å². The van der Waals surface area contributed by atoms with Gasteiger partial charge in [-0.25, -0.2) is 4.98 Å². The minimum Gasteiger partial charge on any atom is -0.338 e. The smallest absolute Gasteiger partial charge is 0.338 e. The van der Waals surface area contributed by atoms with E-state index < -0.39 is 11.9 Å². The van der Waals surface area contributed by atoms with Crippen molar-refractivity contribution in [1.29, 1.82) is 0 Å². The molecule has 0 fully saturated rings. The third-order valence-corrected chi connectivity index (χ3v) is 2.57. The number of fused-ring (bicyclic) bond motifs is 1. The molecule has 0 aliphatic carbocycles. The highest BCUT2D eigenvalue weighted by atomic mass is 19.4. The number of alkyl halides is 3. The van der Waals surface area contributed by atoms with Gasteiger partial charge >= 0.3 is 6.18 Å². The Morgan fingerprint density at radius 3 is 2.61 bits per heavy atom. The van der Waals surface area contributed by atoms with Crippen molar-refractivity contribution < 1.29 is 13.2 Å². The Balaban J connectivity index is 2.18. The van der Waals surface area contributed by atoms with Crippen molar-refractivity contribution in [2.45, 2.75) is 6.18 Å². The van der Waals surface area contributed by atoms with Gasteiger partial charge in [0, 0.05) is 0 Å². The summed E-state index contributed by atoms with van der Waals surface area (Å²) in [6, 6.07) is 7.03. The third kappa shape index (κ3) is 1.64. The van der Waals surface area contributed by atoms with Crippen LogP contribution in [0.15, 0.2) is 30.5 Å². The number of benzene rings is 1. The first-order chi connectivity index (χ1) is 8.55. The van der Waals surface area contributed by atoms with Crippen molar-refractivity contribution in [2.75, 3.05) is 0 Å². The normalized spacial score (nSPS) is 12.2. The largest absolute Gasteiger partial charge is 0.433 e. The summed E-state index contributed by atoms with van der Waals surface area (Å²) >= 11 is 0. The van der Waals surface area contributed by atoms with E-state index in [1.807, 2.05) is 5.10 Å². The van der Waals surface area contributed by atoms with Gasteiger partial charge in [0.05, 0.1) is 22.8 Å². The molecule has 0 atom stereocenters. The highest BCUT2D eigenvalue weighted by Gasteiger charge is 2.36. The van der Waals surface area contributed by atoms with Crippen molar-refractivity contribution in [3.63, 3.8) is 0 Å². The van der Waals surface area contributed by atoms with Gasteiger partial charge in [-0.1, -0.05) is 12.1 Å². The summed E-state index contributed by atoms with van der Waals surface area (Å²) in [5, 5.41) is 5.38. The molecule has 1 aromatic carbocycles. The maximum Gasteiger partial charge on any atom is 0.433 e. The van der Waals surface area contributed by atoms with E-state index >= 15 is 0 Å². The van der Waals surface area contributed by atoms with E-state index in [2.05, 4.69) is 15.1 Å². The van der Waals surface area contributed by atoms with E-state index in [-0.39, 0.29) is 11.4 Å². The summed E-state index contributed by atoms with van der Waals surface area (Å²) in [4.78, 5) is 6.95. The number of nitrogens with zero attached hydrogens (tertiary/aromatic N) is 2. The van der Waals surface area contributed by atoms with Crippen molar-refractivity contribution in [2.24, 2.45) is 0 Å². The molecule has 2 aromatic heterocycles. The lowest BCUT2D eigenvalue weighted by atomic mass is 10.2. The van der Waals surface area contributed by atoms with Gasteiger partial charge in [0.1, 0.15) is 5.82 Å². The minimum atomic E-state index is -4.48. The molecule has 0 unspecified atom stereocenters. The molecule has 0 bridgehead atoms. The van der Waals surface area contributed by atoms with Crippen LogP contribution in [-0.4, -0.2) is 20.2 Å². The van der Waals surface area contributed by atoms with Crippen LogP contribution < -0.4 is 0 Å². The first kappa shape index (κ1) is 10.8. The molecule has 0 aliphatic rings. The number of aromatic amines is 2.